The average molecular weight is 353 g/mol. The first-order valence-electron chi connectivity index (χ1n) is 6.03. The first-order chi connectivity index (χ1) is 9.03. The Kier molecular flexibility index (Phi) is 5.02. The summed E-state index contributed by atoms with van der Waals surface area (Å²) >= 11 is 3.14. The highest BCUT2D eigenvalue weighted by Gasteiger charge is 2.24. The molecule has 0 atom stereocenters. The fourth-order valence-corrected chi connectivity index (χ4v) is 3.57. The summed E-state index contributed by atoms with van der Waals surface area (Å²) in [5.41, 5.74) is 0. The number of nitrogens with one attached hydrogen (secondary N) is 2. The lowest BCUT2D eigenvalue weighted by atomic mass is 10.4. The molecule has 1 aromatic heterocycles. The maximum atomic E-state index is 12.0. The third-order valence-corrected chi connectivity index (χ3v) is 5.05. The van der Waals surface area contributed by atoms with E-state index in [2.05, 4.69) is 26.0 Å². The van der Waals surface area contributed by atoms with Crippen molar-refractivity contribution >= 4 is 26.0 Å². The zero-order valence-electron chi connectivity index (χ0n) is 10.6. The lowest BCUT2D eigenvalue weighted by Gasteiger charge is -2.03. The molecule has 1 aromatic rings. The smallest absolute Gasteiger partial charge is 0.245 e. The van der Waals surface area contributed by atoms with E-state index in [9.17, 15) is 8.42 Å². The van der Waals surface area contributed by atoms with Gasteiger partial charge in [0.05, 0.1) is 13.2 Å². The number of methoxy groups -OCH3 is 1. The molecule has 0 radical (unpaired) electrons. The average Bonchev–Trinajstić information content (AvgIpc) is 3.09. The van der Waals surface area contributed by atoms with Crippen molar-refractivity contribution in [1.29, 1.82) is 0 Å². The van der Waals surface area contributed by atoms with Gasteiger partial charge >= 0.3 is 0 Å². The van der Waals surface area contributed by atoms with Crippen LogP contribution in [0.15, 0.2) is 20.0 Å². The first-order valence-corrected chi connectivity index (χ1v) is 8.31. The molecule has 108 valence electrons. The summed E-state index contributed by atoms with van der Waals surface area (Å²) in [6.07, 6.45) is 2.34. The molecule has 0 spiro atoms. The minimum absolute atomic E-state index is 0.121. The summed E-state index contributed by atoms with van der Waals surface area (Å²) < 4.78 is 36.9. The van der Waals surface area contributed by atoms with Crippen molar-refractivity contribution in [3.8, 4) is 0 Å². The highest BCUT2D eigenvalue weighted by atomic mass is 79.9. The van der Waals surface area contributed by atoms with Crippen LogP contribution in [0, 0.1) is 0 Å². The van der Waals surface area contributed by atoms with Crippen molar-refractivity contribution < 1.29 is 17.6 Å². The van der Waals surface area contributed by atoms with Gasteiger partial charge in [0.1, 0.15) is 10.7 Å². The minimum Gasteiger partial charge on any atom is -0.452 e. The van der Waals surface area contributed by atoms with Gasteiger partial charge in [0.25, 0.3) is 0 Å². The van der Waals surface area contributed by atoms with Gasteiger partial charge in [-0.3, -0.25) is 0 Å². The van der Waals surface area contributed by atoms with Crippen LogP contribution in [0.4, 0.5) is 0 Å². The van der Waals surface area contributed by atoms with Crippen molar-refractivity contribution in [3.63, 3.8) is 0 Å². The first kappa shape index (κ1) is 15.0. The van der Waals surface area contributed by atoms with Crippen LogP contribution in [0.5, 0.6) is 0 Å². The molecule has 1 saturated carbocycles. The van der Waals surface area contributed by atoms with E-state index in [1.165, 1.54) is 26.0 Å². The third kappa shape index (κ3) is 4.28. The monoisotopic (exact) mass is 352 g/mol. The van der Waals surface area contributed by atoms with Crippen LogP contribution in [0.1, 0.15) is 18.6 Å². The molecule has 2 rings (SSSR count). The summed E-state index contributed by atoms with van der Waals surface area (Å²) in [7, 11) is -2.05. The predicted octanol–water partition coefficient (Wildman–Crippen LogP) is 1.22. The lowest BCUT2D eigenvalue weighted by molar-refractivity contribution is 0.204. The number of halogens is 1. The number of hydrogen-bond acceptors (Lipinski definition) is 5. The van der Waals surface area contributed by atoms with E-state index in [4.69, 9.17) is 9.15 Å². The van der Waals surface area contributed by atoms with E-state index in [1.807, 2.05) is 0 Å². The topological polar surface area (TPSA) is 80.6 Å². The Morgan fingerprint density at radius 2 is 2.26 bits per heavy atom. The van der Waals surface area contributed by atoms with Crippen LogP contribution in [0.3, 0.4) is 0 Å². The largest absolute Gasteiger partial charge is 0.452 e. The molecule has 19 heavy (non-hydrogen) atoms. The molecular weight excluding hydrogens is 336 g/mol. The van der Waals surface area contributed by atoms with Gasteiger partial charge in [0.15, 0.2) is 4.67 Å². The molecule has 1 fully saturated rings. The van der Waals surface area contributed by atoms with Crippen LogP contribution in [0.2, 0.25) is 0 Å². The fraction of sp³-hybridized carbons (Fsp3) is 0.636. The molecule has 2 N–H and O–H groups in total. The van der Waals surface area contributed by atoms with Gasteiger partial charge < -0.3 is 14.5 Å². The summed E-state index contributed by atoms with van der Waals surface area (Å²) in [5, 5.41) is 3.27. The Labute approximate surface area is 121 Å². The Hall–Kier alpha value is -0.410. The Bertz CT molecular complexity index is 525. The maximum absolute atomic E-state index is 12.0. The number of hydrogen-bond donors (Lipinski definition) is 2. The molecular formula is C11H17BrN2O4S. The highest BCUT2D eigenvalue weighted by molar-refractivity contribution is 9.10. The van der Waals surface area contributed by atoms with Gasteiger partial charge in [-0.25, -0.2) is 13.1 Å². The zero-order chi connectivity index (χ0) is 13.9. The number of furan rings is 1. The van der Waals surface area contributed by atoms with Gasteiger partial charge in [-0.2, -0.15) is 0 Å². The molecule has 1 aliphatic rings. The standard InChI is InChI=1S/C11H17BrN2O4S/c1-17-5-4-14-19(15,16)10-6-9(18-11(10)12)7-13-8-2-3-8/h6,8,13-14H,2-5,7H2,1H3. The third-order valence-electron chi connectivity index (χ3n) is 2.74. The Morgan fingerprint density at radius 1 is 1.53 bits per heavy atom. The van der Waals surface area contributed by atoms with Crippen molar-refractivity contribution in [2.75, 3.05) is 20.3 Å². The summed E-state index contributed by atoms with van der Waals surface area (Å²) in [4.78, 5) is 0.121. The molecule has 8 heteroatoms. The van der Waals surface area contributed by atoms with E-state index < -0.39 is 10.0 Å². The molecule has 0 amide bonds. The Balaban J connectivity index is 2.01. The highest BCUT2D eigenvalue weighted by Crippen LogP contribution is 2.27. The molecule has 0 aromatic carbocycles. The SMILES string of the molecule is COCCNS(=O)(=O)c1cc(CNC2CC2)oc1Br. The second-order valence-electron chi connectivity index (χ2n) is 4.40. The predicted molar refractivity (Wildman–Crippen MR) is 73.3 cm³/mol. The van der Waals surface area contributed by atoms with Crippen molar-refractivity contribution in [2.45, 2.75) is 30.3 Å². The van der Waals surface area contributed by atoms with Crippen LogP contribution < -0.4 is 10.0 Å². The molecule has 6 nitrogen and oxygen atoms in total. The molecule has 1 heterocycles. The minimum atomic E-state index is -3.56. The molecule has 0 saturated heterocycles. The van der Waals surface area contributed by atoms with E-state index in [0.717, 1.165) is 0 Å². The van der Waals surface area contributed by atoms with E-state index >= 15 is 0 Å². The number of sulfonamides is 1. The summed E-state index contributed by atoms with van der Waals surface area (Å²) in [5.74, 6) is 0.603. The normalized spacial score (nSPS) is 15.9. The van der Waals surface area contributed by atoms with E-state index in [-0.39, 0.29) is 16.1 Å². The van der Waals surface area contributed by atoms with Gasteiger partial charge in [0.2, 0.25) is 10.0 Å². The fourth-order valence-electron chi connectivity index (χ4n) is 1.56. The van der Waals surface area contributed by atoms with Crippen molar-refractivity contribution in [3.05, 3.63) is 16.5 Å². The Morgan fingerprint density at radius 3 is 2.89 bits per heavy atom. The summed E-state index contributed by atoms with van der Waals surface area (Å²) in [6, 6.07) is 2.08. The number of ether oxygens (including phenoxy) is 1. The second kappa shape index (κ2) is 6.36. The second-order valence-corrected chi connectivity index (χ2v) is 6.85. The zero-order valence-corrected chi connectivity index (χ0v) is 13.0. The number of rotatable bonds is 8. The quantitative estimate of drug-likeness (QED) is 0.687. The van der Waals surface area contributed by atoms with Crippen molar-refractivity contribution in [2.24, 2.45) is 0 Å². The molecule has 0 bridgehead atoms. The lowest BCUT2D eigenvalue weighted by Crippen LogP contribution is -2.27. The van der Waals surface area contributed by atoms with Crippen LogP contribution in [-0.2, 0) is 21.3 Å². The van der Waals surface area contributed by atoms with Crippen LogP contribution in [-0.4, -0.2) is 34.7 Å². The van der Waals surface area contributed by atoms with E-state index in [1.54, 1.807) is 0 Å². The van der Waals surface area contributed by atoms with Gasteiger partial charge in [-0.15, -0.1) is 0 Å². The molecule has 0 unspecified atom stereocenters. The van der Waals surface area contributed by atoms with Crippen LogP contribution in [0.25, 0.3) is 0 Å². The van der Waals surface area contributed by atoms with Gasteiger partial charge in [0, 0.05) is 25.8 Å². The van der Waals surface area contributed by atoms with Crippen molar-refractivity contribution in [1.82, 2.24) is 10.0 Å². The van der Waals surface area contributed by atoms with Crippen LogP contribution >= 0.6 is 15.9 Å². The van der Waals surface area contributed by atoms with E-state index in [0.29, 0.717) is 25.0 Å². The maximum Gasteiger partial charge on any atom is 0.245 e. The van der Waals surface area contributed by atoms with Gasteiger partial charge in [-0.1, -0.05) is 0 Å². The summed E-state index contributed by atoms with van der Waals surface area (Å²) in [6.45, 7) is 1.09. The molecule has 0 aliphatic heterocycles. The molecule has 1 aliphatic carbocycles. The van der Waals surface area contributed by atoms with Gasteiger partial charge in [-0.05, 0) is 28.8 Å².